The van der Waals surface area contributed by atoms with Crippen LogP contribution in [0.1, 0.15) is 25.3 Å². The second kappa shape index (κ2) is 6.62. The Morgan fingerprint density at radius 3 is 2.59 bits per heavy atom. The van der Waals surface area contributed by atoms with Crippen molar-refractivity contribution in [2.75, 3.05) is 0 Å². The lowest BCUT2D eigenvalue weighted by Gasteiger charge is -2.08. The van der Waals surface area contributed by atoms with Crippen molar-refractivity contribution < 1.29 is 10.1 Å². The molecule has 0 radical (unpaired) electrons. The number of hydrogen-bond donors (Lipinski definition) is 1. The van der Waals surface area contributed by atoms with E-state index < -0.39 is 11.0 Å². The molecule has 5 heteroatoms. The molecule has 0 aliphatic heterocycles. The summed E-state index contributed by atoms with van der Waals surface area (Å²) in [5.74, 6) is 0. The Labute approximate surface area is 99.9 Å². The van der Waals surface area contributed by atoms with Gasteiger partial charge in [0.15, 0.2) is 0 Å². The van der Waals surface area contributed by atoms with E-state index in [-0.39, 0.29) is 5.71 Å². The van der Waals surface area contributed by atoms with Gasteiger partial charge in [0.05, 0.1) is 0 Å². The van der Waals surface area contributed by atoms with Gasteiger partial charge in [-0.05, 0) is 12.0 Å². The van der Waals surface area contributed by atoms with Crippen LogP contribution in [0.3, 0.4) is 0 Å². The quantitative estimate of drug-likeness (QED) is 0.357. The van der Waals surface area contributed by atoms with Crippen LogP contribution in [0.2, 0.25) is 0 Å². The zero-order chi connectivity index (χ0) is 12.7. The van der Waals surface area contributed by atoms with Crippen molar-refractivity contribution in [3.05, 3.63) is 46.0 Å². The van der Waals surface area contributed by atoms with Gasteiger partial charge in [0.1, 0.15) is 5.71 Å². The molecule has 0 saturated heterocycles. The van der Waals surface area contributed by atoms with Gasteiger partial charge < -0.3 is 5.21 Å². The van der Waals surface area contributed by atoms with Crippen LogP contribution in [0.4, 0.5) is 0 Å². The van der Waals surface area contributed by atoms with Crippen LogP contribution >= 0.6 is 0 Å². The van der Waals surface area contributed by atoms with E-state index in [2.05, 4.69) is 5.16 Å². The average molecular weight is 236 g/mol. The van der Waals surface area contributed by atoms with Crippen LogP contribution in [0.25, 0.3) is 0 Å². The first kappa shape index (κ1) is 13.2. The maximum Gasteiger partial charge on any atom is 0.253 e. The molecule has 0 aliphatic rings. The number of rotatable bonds is 6. The van der Waals surface area contributed by atoms with Crippen molar-refractivity contribution >= 4 is 5.71 Å². The van der Waals surface area contributed by atoms with E-state index in [9.17, 15) is 10.1 Å². The Hall–Kier alpha value is -1.91. The van der Waals surface area contributed by atoms with Gasteiger partial charge in [0.25, 0.3) is 6.04 Å². The van der Waals surface area contributed by atoms with Gasteiger partial charge in [-0.1, -0.05) is 42.4 Å². The van der Waals surface area contributed by atoms with Crippen LogP contribution in [0.5, 0.6) is 0 Å². The Bertz CT molecular complexity index is 390. The van der Waals surface area contributed by atoms with Crippen molar-refractivity contribution in [2.45, 2.75) is 32.2 Å². The fourth-order valence-corrected chi connectivity index (χ4v) is 1.71. The second-order valence-corrected chi connectivity index (χ2v) is 3.79. The minimum Gasteiger partial charge on any atom is -0.411 e. The van der Waals surface area contributed by atoms with Crippen LogP contribution in [0.15, 0.2) is 35.5 Å². The van der Waals surface area contributed by atoms with E-state index >= 15 is 0 Å². The molecule has 0 spiro atoms. The standard InChI is InChI=1S/C12H16N2O3/c1-2-12(14(16)17)11(13-15)9-8-10-6-4-3-5-7-10/h3-7,12,15H,2,8-9H2,1H3/b13-11+. The summed E-state index contributed by atoms with van der Waals surface area (Å²) in [6.45, 7) is 1.71. The molecular weight excluding hydrogens is 220 g/mol. The molecule has 5 nitrogen and oxygen atoms in total. The van der Waals surface area contributed by atoms with Gasteiger partial charge in [0, 0.05) is 17.8 Å². The maximum atomic E-state index is 10.8. The lowest BCUT2D eigenvalue weighted by Crippen LogP contribution is -2.29. The summed E-state index contributed by atoms with van der Waals surface area (Å²) < 4.78 is 0. The highest BCUT2D eigenvalue weighted by molar-refractivity contribution is 5.88. The third kappa shape index (κ3) is 3.86. The normalized spacial score (nSPS) is 13.4. The van der Waals surface area contributed by atoms with Gasteiger partial charge >= 0.3 is 0 Å². The predicted molar refractivity (Wildman–Crippen MR) is 65.1 cm³/mol. The highest BCUT2D eigenvalue weighted by atomic mass is 16.6. The summed E-state index contributed by atoms with van der Waals surface area (Å²) in [5, 5.41) is 22.7. The number of nitro groups is 1. The summed E-state index contributed by atoms with van der Waals surface area (Å²) in [7, 11) is 0. The lowest BCUT2D eigenvalue weighted by atomic mass is 10.0. The second-order valence-electron chi connectivity index (χ2n) is 3.79. The van der Waals surface area contributed by atoms with Gasteiger partial charge in [0.2, 0.25) is 0 Å². The molecule has 1 N–H and O–H groups in total. The smallest absolute Gasteiger partial charge is 0.253 e. The predicted octanol–water partition coefficient (Wildman–Crippen LogP) is 2.50. The third-order valence-electron chi connectivity index (χ3n) is 2.67. The van der Waals surface area contributed by atoms with Gasteiger partial charge in [-0.25, -0.2) is 0 Å². The minimum absolute atomic E-state index is 0.237. The van der Waals surface area contributed by atoms with Crippen LogP contribution in [-0.4, -0.2) is 21.9 Å². The van der Waals surface area contributed by atoms with Crippen molar-refractivity contribution in [1.29, 1.82) is 0 Å². The molecule has 0 bridgehead atoms. The summed E-state index contributed by atoms with van der Waals surface area (Å²) in [6, 6.07) is 8.75. The fourth-order valence-electron chi connectivity index (χ4n) is 1.71. The maximum absolute atomic E-state index is 10.8. The van der Waals surface area contributed by atoms with Gasteiger partial charge in [-0.15, -0.1) is 0 Å². The first-order valence-corrected chi connectivity index (χ1v) is 5.57. The van der Waals surface area contributed by atoms with Crippen LogP contribution < -0.4 is 0 Å². The average Bonchev–Trinajstić information content (AvgIpc) is 2.35. The fraction of sp³-hybridized carbons (Fsp3) is 0.417. The molecular formula is C12H16N2O3. The van der Waals surface area contributed by atoms with E-state index in [1.54, 1.807) is 6.92 Å². The first-order valence-electron chi connectivity index (χ1n) is 5.57. The Morgan fingerprint density at radius 1 is 1.47 bits per heavy atom. The summed E-state index contributed by atoms with van der Waals surface area (Å²) in [5.41, 5.74) is 1.31. The molecule has 0 amide bonds. The molecule has 1 unspecified atom stereocenters. The molecule has 1 aromatic rings. The molecule has 0 aromatic heterocycles. The van der Waals surface area contributed by atoms with Crippen molar-refractivity contribution in [3.63, 3.8) is 0 Å². The van der Waals surface area contributed by atoms with Gasteiger partial charge in [-0.2, -0.15) is 0 Å². The molecule has 1 aromatic carbocycles. The number of oxime groups is 1. The number of nitrogens with zero attached hydrogens (tertiary/aromatic N) is 2. The van der Waals surface area contributed by atoms with E-state index in [0.29, 0.717) is 19.3 Å². The monoisotopic (exact) mass is 236 g/mol. The topological polar surface area (TPSA) is 75.7 Å². The zero-order valence-electron chi connectivity index (χ0n) is 9.74. The first-order chi connectivity index (χ1) is 8.19. The van der Waals surface area contributed by atoms with Crippen molar-refractivity contribution in [2.24, 2.45) is 5.16 Å². The summed E-state index contributed by atoms with van der Waals surface area (Å²) in [4.78, 5) is 10.4. The molecule has 17 heavy (non-hydrogen) atoms. The zero-order valence-corrected chi connectivity index (χ0v) is 9.74. The van der Waals surface area contributed by atoms with E-state index in [1.807, 2.05) is 30.3 Å². The van der Waals surface area contributed by atoms with E-state index in [1.165, 1.54) is 0 Å². The molecule has 0 fully saturated rings. The molecule has 0 heterocycles. The third-order valence-corrected chi connectivity index (χ3v) is 2.67. The lowest BCUT2D eigenvalue weighted by molar-refractivity contribution is -0.503. The summed E-state index contributed by atoms with van der Waals surface area (Å²) in [6.07, 6.45) is 1.38. The Kier molecular flexibility index (Phi) is 5.13. The number of benzene rings is 1. The number of hydrogen-bond acceptors (Lipinski definition) is 4. The Balaban J connectivity index is 2.62. The molecule has 1 rings (SSSR count). The molecule has 1 atom stereocenters. The molecule has 0 aliphatic carbocycles. The van der Waals surface area contributed by atoms with E-state index in [0.717, 1.165) is 5.56 Å². The highest BCUT2D eigenvalue weighted by Crippen LogP contribution is 2.09. The SMILES string of the molecule is CCC(/C(CCc1ccccc1)=N/O)[N+](=O)[O-]. The number of aryl methyl sites for hydroxylation is 1. The van der Waals surface area contributed by atoms with Crippen molar-refractivity contribution in [1.82, 2.24) is 0 Å². The van der Waals surface area contributed by atoms with E-state index in [4.69, 9.17) is 5.21 Å². The molecule has 0 saturated carbocycles. The van der Waals surface area contributed by atoms with Crippen LogP contribution in [-0.2, 0) is 6.42 Å². The molecule has 92 valence electrons. The van der Waals surface area contributed by atoms with Gasteiger partial charge in [-0.3, -0.25) is 10.1 Å². The minimum atomic E-state index is -0.885. The largest absolute Gasteiger partial charge is 0.411 e. The summed E-state index contributed by atoms with van der Waals surface area (Å²) >= 11 is 0. The highest BCUT2D eigenvalue weighted by Gasteiger charge is 2.25. The van der Waals surface area contributed by atoms with Crippen molar-refractivity contribution in [3.8, 4) is 0 Å². The van der Waals surface area contributed by atoms with Crippen LogP contribution in [0, 0.1) is 10.1 Å². The Morgan fingerprint density at radius 2 is 2.12 bits per heavy atom.